The number of carbonyl (C=O) groups is 1. The SMILES string of the molecule is CN(/C=C1\C2CCC2[C@H]1Nc1nc2n(n1)CCCC2c1ccc(F)c(F)c1F)C(=O)OC(C)(C)C. The average Bonchev–Trinajstić information content (AvgIpc) is 3.18. The van der Waals surface area contributed by atoms with Gasteiger partial charge >= 0.3 is 6.09 Å². The van der Waals surface area contributed by atoms with Crippen molar-refractivity contribution in [1.29, 1.82) is 0 Å². The van der Waals surface area contributed by atoms with Crippen LogP contribution in [0.15, 0.2) is 23.9 Å². The molecule has 3 unspecified atom stereocenters. The Kier molecular flexibility index (Phi) is 5.80. The number of amides is 1. The van der Waals surface area contributed by atoms with Crippen molar-refractivity contribution in [3.05, 3.63) is 52.7 Å². The maximum Gasteiger partial charge on any atom is 0.414 e. The standard InChI is InChI=1S/C25H30F3N5O2/c1-25(2,3)35-24(34)32(4)12-17-13-7-8-15(13)21(17)29-23-30-22-16(6-5-11-33(22)31-23)14-9-10-18(26)20(28)19(14)27/h9-10,12-13,15-16,21H,5-8,11H2,1-4H3,(H,29,31)/b17-12+/t13?,15?,16?,21-/m1/s1. The molecule has 35 heavy (non-hydrogen) atoms. The fourth-order valence-electron chi connectivity index (χ4n) is 5.33. The minimum atomic E-state index is -1.47. The Balaban J connectivity index is 1.36. The second kappa shape index (κ2) is 8.57. The fraction of sp³-hybridized carbons (Fsp3) is 0.560. The van der Waals surface area contributed by atoms with Crippen molar-refractivity contribution in [3.8, 4) is 0 Å². The third kappa shape index (κ3) is 4.27. The second-order valence-electron chi connectivity index (χ2n) is 10.7. The molecule has 2 heterocycles. The van der Waals surface area contributed by atoms with Crippen LogP contribution in [0.25, 0.3) is 0 Å². The molecule has 0 saturated heterocycles. The number of nitrogens with zero attached hydrogens (tertiary/aromatic N) is 4. The topological polar surface area (TPSA) is 72.3 Å². The van der Waals surface area contributed by atoms with E-state index in [4.69, 9.17) is 4.74 Å². The summed E-state index contributed by atoms with van der Waals surface area (Å²) in [6.45, 7) is 6.10. The van der Waals surface area contributed by atoms with Crippen LogP contribution in [0.1, 0.15) is 63.8 Å². The summed E-state index contributed by atoms with van der Waals surface area (Å²) < 4.78 is 49.0. The van der Waals surface area contributed by atoms with E-state index in [1.165, 1.54) is 11.0 Å². The van der Waals surface area contributed by atoms with E-state index in [1.54, 1.807) is 11.7 Å². The van der Waals surface area contributed by atoms with Crippen LogP contribution in [0.5, 0.6) is 0 Å². The Morgan fingerprint density at radius 1 is 1.20 bits per heavy atom. The number of aryl methyl sites for hydroxylation is 1. The van der Waals surface area contributed by atoms with Crippen LogP contribution in [-0.2, 0) is 11.3 Å². The molecule has 10 heteroatoms. The average molecular weight is 490 g/mol. The Morgan fingerprint density at radius 2 is 1.97 bits per heavy atom. The zero-order valence-corrected chi connectivity index (χ0v) is 20.3. The van der Waals surface area contributed by atoms with Gasteiger partial charge in [-0.15, -0.1) is 5.10 Å². The molecule has 2 fully saturated rings. The minimum Gasteiger partial charge on any atom is -0.443 e. The van der Waals surface area contributed by atoms with Crippen LogP contribution in [0.4, 0.5) is 23.9 Å². The highest BCUT2D eigenvalue weighted by Crippen LogP contribution is 2.55. The van der Waals surface area contributed by atoms with Crippen LogP contribution in [0.3, 0.4) is 0 Å². The second-order valence-corrected chi connectivity index (χ2v) is 10.7. The van der Waals surface area contributed by atoms with Crippen LogP contribution in [0.2, 0.25) is 0 Å². The van der Waals surface area contributed by atoms with Gasteiger partial charge in [-0.2, -0.15) is 4.98 Å². The Hall–Kier alpha value is -3.04. The number of carbonyl (C=O) groups excluding carboxylic acids is 1. The van der Waals surface area contributed by atoms with Crippen molar-refractivity contribution in [1.82, 2.24) is 19.7 Å². The number of ether oxygens (including phenoxy) is 1. The van der Waals surface area contributed by atoms with Gasteiger partial charge in [0.1, 0.15) is 11.4 Å². The molecular formula is C25H30F3N5O2. The first-order chi connectivity index (χ1) is 16.5. The number of anilines is 1. The maximum absolute atomic E-state index is 14.5. The van der Waals surface area contributed by atoms with E-state index in [-0.39, 0.29) is 11.6 Å². The fourth-order valence-corrected chi connectivity index (χ4v) is 5.33. The molecule has 4 atom stereocenters. The monoisotopic (exact) mass is 489 g/mol. The van der Waals surface area contributed by atoms with Crippen molar-refractivity contribution in [2.24, 2.45) is 11.8 Å². The Bertz CT molecular complexity index is 1190. The van der Waals surface area contributed by atoms with E-state index in [9.17, 15) is 18.0 Å². The van der Waals surface area contributed by atoms with Crippen molar-refractivity contribution in [2.75, 3.05) is 12.4 Å². The van der Waals surface area contributed by atoms with Gasteiger partial charge in [-0.05, 0) is 69.9 Å². The molecule has 1 N–H and O–H groups in total. The van der Waals surface area contributed by atoms with Crippen LogP contribution in [-0.4, -0.2) is 44.4 Å². The molecule has 1 aliphatic heterocycles. The highest BCUT2D eigenvalue weighted by Gasteiger charge is 2.52. The first-order valence-electron chi connectivity index (χ1n) is 12.1. The molecule has 1 aromatic heterocycles. The number of nitrogens with one attached hydrogen (secondary N) is 1. The van der Waals surface area contributed by atoms with Crippen molar-refractivity contribution >= 4 is 12.0 Å². The summed E-state index contributed by atoms with van der Waals surface area (Å²) in [5, 5.41) is 7.97. The third-order valence-electron chi connectivity index (χ3n) is 7.17. The van der Waals surface area contributed by atoms with Gasteiger partial charge in [-0.1, -0.05) is 6.07 Å². The smallest absolute Gasteiger partial charge is 0.414 e. The van der Waals surface area contributed by atoms with Crippen LogP contribution < -0.4 is 5.32 Å². The molecule has 2 aliphatic carbocycles. The number of fused-ring (bicyclic) bond motifs is 2. The van der Waals surface area contributed by atoms with Crippen LogP contribution >= 0.6 is 0 Å². The molecule has 1 amide bonds. The first-order valence-corrected chi connectivity index (χ1v) is 12.1. The molecule has 5 rings (SSSR count). The minimum absolute atomic E-state index is 0.0125. The van der Waals surface area contributed by atoms with Gasteiger partial charge in [0.05, 0.1) is 6.04 Å². The molecule has 2 aromatic rings. The number of rotatable bonds is 4. The van der Waals surface area contributed by atoms with Crippen LogP contribution in [0, 0.1) is 29.3 Å². The van der Waals surface area contributed by atoms with Gasteiger partial charge in [0.15, 0.2) is 17.5 Å². The quantitative estimate of drug-likeness (QED) is 0.599. The highest BCUT2D eigenvalue weighted by atomic mass is 19.2. The molecule has 0 spiro atoms. The molecule has 3 aliphatic rings. The third-order valence-corrected chi connectivity index (χ3v) is 7.17. The van der Waals surface area contributed by atoms with E-state index >= 15 is 0 Å². The van der Waals surface area contributed by atoms with Gasteiger partial charge < -0.3 is 10.1 Å². The lowest BCUT2D eigenvalue weighted by Crippen LogP contribution is -2.55. The van der Waals surface area contributed by atoms with E-state index in [0.717, 1.165) is 30.9 Å². The summed E-state index contributed by atoms with van der Waals surface area (Å²) in [6, 6.07) is 2.22. The van der Waals surface area contributed by atoms with Gasteiger partial charge in [-0.3, -0.25) is 4.90 Å². The molecule has 0 bridgehead atoms. The van der Waals surface area contributed by atoms with Crippen molar-refractivity contribution < 1.29 is 22.7 Å². The predicted molar refractivity (Wildman–Crippen MR) is 123 cm³/mol. The van der Waals surface area contributed by atoms with E-state index in [1.807, 2.05) is 27.0 Å². The summed E-state index contributed by atoms with van der Waals surface area (Å²) in [7, 11) is 1.68. The number of aromatic nitrogens is 3. The molecule has 7 nitrogen and oxygen atoms in total. The molecule has 2 saturated carbocycles. The normalized spacial score (nSPS) is 26.3. The lowest BCUT2D eigenvalue weighted by Gasteiger charge is -2.55. The number of hydrogen-bond donors (Lipinski definition) is 1. The van der Waals surface area contributed by atoms with Crippen molar-refractivity contribution in [3.63, 3.8) is 0 Å². The Labute approximate surface area is 202 Å². The zero-order chi connectivity index (χ0) is 25.1. The largest absolute Gasteiger partial charge is 0.443 e. The van der Waals surface area contributed by atoms with Crippen molar-refractivity contribution in [2.45, 2.75) is 70.6 Å². The zero-order valence-electron chi connectivity index (χ0n) is 20.3. The summed E-state index contributed by atoms with van der Waals surface area (Å²) >= 11 is 0. The van der Waals surface area contributed by atoms with E-state index < -0.39 is 35.1 Å². The highest BCUT2D eigenvalue weighted by molar-refractivity contribution is 5.69. The van der Waals surface area contributed by atoms with Gasteiger partial charge in [-0.25, -0.2) is 22.6 Å². The molecule has 1 aromatic carbocycles. The summed E-state index contributed by atoms with van der Waals surface area (Å²) in [4.78, 5) is 18.5. The Morgan fingerprint density at radius 3 is 2.66 bits per heavy atom. The lowest BCUT2D eigenvalue weighted by molar-refractivity contribution is 0.0357. The number of benzene rings is 1. The summed E-state index contributed by atoms with van der Waals surface area (Å²) in [5.41, 5.74) is 0.611. The number of halogens is 3. The van der Waals surface area contributed by atoms with Gasteiger partial charge in [0.25, 0.3) is 0 Å². The summed E-state index contributed by atoms with van der Waals surface area (Å²) in [5.74, 6) is -2.55. The first kappa shape index (κ1) is 23.7. The van der Waals surface area contributed by atoms with E-state index in [2.05, 4.69) is 15.4 Å². The predicted octanol–water partition coefficient (Wildman–Crippen LogP) is 5.19. The molecular weight excluding hydrogens is 459 g/mol. The molecule has 0 radical (unpaired) electrons. The lowest BCUT2D eigenvalue weighted by atomic mass is 9.53. The van der Waals surface area contributed by atoms with Gasteiger partial charge in [0, 0.05) is 31.3 Å². The molecule has 188 valence electrons. The van der Waals surface area contributed by atoms with Gasteiger partial charge in [0.2, 0.25) is 5.95 Å². The number of hydrogen-bond acceptors (Lipinski definition) is 5. The van der Waals surface area contributed by atoms with E-state index in [0.29, 0.717) is 36.6 Å². The summed E-state index contributed by atoms with van der Waals surface area (Å²) in [6.07, 6.45) is 4.85. The maximum atomic E-state index is 14.5.